The summed E-state index contributed by atoms with van der Waals surface area (Å²) in [6, 6.07) is 8.18. The van der Waals surface area contributed by atoms with Gasteiger partial charge < -0.3 is 10.1 Å². The maximum absolute atomic E-state index is 6.10. The fourth-order valence-corrected chi connectivity index (χ4v) is 3.17. The van der Waals surface area contributed by atoms with Crippen LogP contribution in [0.5, 0.6) is 0 Å². The van der Waals surface area contributed by atoms with E-state index < -0.39 is 0 Å². The Morgan fingerprint density at radius 3 is 2.91 bits per heavy atom. The molecule has 2 aromatic rings. The highest BCUT2D eigenvalue weighted by Gasteiger charge is 2.13. The highest BCUT2D eigenvalue weighted by atomic mass is 35.5. The van der Waals surface area contributed by atoms with Gasteiger partial charge in [-0.05, 0) is 50.5 Å². The van der Waals surface area contributed by atoms with E-state index in [4.69, 9.17) is 33.0 Å². The lowest BCUT2D eigenvalue weighted by Gasteiger charge is -2.23. The van der Waals surface area contributed by atoms with Gasteiger partial charge in [0.2, 0.25) is 0 Å². The van der Waals surface area contributed by atoms with Gasteiger partial charge in [0.05, 0.1) is 34.6 Å². The first-order valence-electron chi connectivity index (χ1n) is 7.95. The second-order valence-corrected chi connectivity index (χ2v) is 6.72. The Hall–Kier alpha value is -1.07. The Balaban J connectivity index is 1.62. The largest absolute Gasteiger partial charge is 0.379 e. The number of hydrogen-bond donors (Lipinski definition) is 1. The van der Waals surface area contributed by atoms with Gasteiger partial charge in [0.1, 0.15) is 0 Å². The summed E-state index contributed by atoms with van der Waals surface area (Å²) in [5.41, 5.74) is 3.13. The SMILES string of the molecule is Cc1cc(CCCC2COCCN2)nn1-c1ccc(Cl)c(Cl)c1. The lowest BCUT2D eigenvalue weighted by molar-refractivity contribution is 0.0736. The molecule has 1 aromatic carbocycles. The van der Waals surface area contributed by atoms with E-state index >= 15 is 0 Å². The molecule has 23 heavy (non-hydrogen) atoms. The topological polar surface area (TPSA) is 39.1 Å². The van der Waals surface area contributed by atoms with Crippen molar-refractivity contribution in [3.63, 3.8) is 0 Å². The van der Waals surface area contributed by atoms with E-state index in [1.165, 1.54) is 0 Å². The van der Waals surface area contributed by atoms with Crippen LogP contribution < -0.4 is 5.32 Å². The first kappa shape index (κ1) is 16.8. The average Bonchev–Trinajstić information content (AvgIpc) is 2.92. The van der Waals surface area contributed by atoms with Gasteiger partial charge in [0.15, 0.2) is 0 Å². The number of aromatic nitrogens is 2. The Kier molecular flexibility index (Phi) is 5.59. The van der Waals surface area contributed by atoms with Crippen molar-refractivity contribution >= 4 is 23.2 Å². The monoisotopic (exact) mass is 353 g/mol. The van der Waals surface area contributed by atoms with Crippen molar-refractivity contribution in [2.24, 2.45) is 0 Å². The summed E-state index contributed by atoms with van der Waals surface area (Å²) < 4.78 is 7.40. The zero-order valence-electron chi connectivity index (χ0n) is 13.2. The van der Waals surface area contributed by atoms with E-state index in [-0.39, 0.29) is 0 Å². The number of nitrogens with zero attached hydrogens (tertiary/aromatic N) is 2. The van der Waals surface area contributed by atoms with Crippen LogP contribution in [-0.2, 0) is 11.2 Å². The molecule has 3 rings (SSSR count). The maximum atomic E-state index is 6.10. The minimum Gasteiger partial charge on any atom is -0.379 e. The number of morpholine rings is 1. The number of hydrogen-bond acceptors (Lipinski definition) is 3. The minimum absolute atomic E-state index is 0.474. The Bertz CT molecular complexity index is 666. The normalized spacial score (nSPS) is 18.3. The molecular weight excluding hydrogens is 333 g/mol. The zero-order chi connectivity index (χ0) is 16.2. The van der Waals surface area contributed by atoms with Gasteiger partial charge >= 0.3 is 0 Å². The van der Waals surface area contributed by atoms with Crippen molar-refractivity contribution in [1.82, 2.24) is 15.1 Å². The molecule has 1 saturated heterocycles. The molecule has 0 bridgehead atoms. The van der Waals surface area contributed by atoms with Crippen LogP contribution in [0, 0.1) is 6.92 Å². The van der Waals surface area contributed by atoms with Gasteiger partial charge in [0.25, 0.3) is 0 Å². The molecule has 1 unspecified atom stereocenters. The van der Waals surface area contributed by atoms with Crippen LogP contribution in [0.2, 0.25) is 10.0 Å². The molecule has 124 valence electrons. The highest BCUT2D eigenvalue weighted by molar-refractivity contribution is 6.42. The van der Waals surface area contributed by atoms with E-state index in [1.807, 2.05) is 16.8 Å². The van der Waals surface area contributed by atoms with Crippen LogP contribution in [0.3, 0.4) is 0 Å². The lowest BCUT2D eigenvalue weighted by atomic mass is 10.1. The van der Waals surface area contributed by atoms with E-state index in [0.717, 1.165) is 56.1 Å². The molecule has 1 aliphatic rings. The second kappa shape index (κ2) is 7.67. The minimum atomic E-state index is 0.474. The number of ether oxygens (including phenoxy) is 1. The van der Waals surface area contributed by atoms with E-state index in [2.05, 4.69) is 18.3 Å². The average molecular weight is 354 g/mol. The molecule has 0 aliphatic carbocycles. The predicted octanol–water partition coefficient (Wildman–Crippen LogP) is 3.80. The smallest absolute Gasteiger partial charge is 0.0664 e. The molecule has 6 heteroatoms. The third-order valence-electron chi connectivity index (χ3n) is 4.07. The van der Waals surface area contributed by atoms with E-state index in [9.17, 15) is 0 Å². The standard InChI is InChI=1S/C17H21Cl2N3O/c1-12-9-13(3-2-4-14-11-23-8-7-20-14)21-22(12)15-5-6-16(18)17(19)10-15/h5-6,9-10,14,20H,2-4,7-8,11H2,1H3. The molecule has 1 aliphatic heterocycles. The Labute approximate surface area is 146 Å². The molecule has 1 fully saturated rings. The molecule has 0 radical (unpaired) electrons. The summed E-state index contributed by atoms with van der Waals surface area (Å²) in [4.78, 5) is 0. The summed E-state index contributed by atoms with van der Waals surface area (Å²) in [6.45, 7) is 4.64. The number of benzene rings is 1. The summed E-state index contributed by atoms with van der Waals surface area (Å²) >= 11 is 12.1. The molecule has 0 saturated carbocycles. The van der Waals surface area contributed by atoms with Gasteiger partial charge in [-0.1, -0.05) is 23.2 Å². The Morgan fingerprint density at radius 1 is 1.30 bits per heavy atom. The van der Waals surface area contributed by atoms with Crippen molar-refractivity contribution in [1.29, 1.82) is 0 Å². The van der Waals surface area contributed by atoms with Crippen LogP contribution in [0.1, 0.15) is 24.2 Å². The Morgan fingerprint density at radius 2 is 2.17 bits per heavy atom. The van der Waals surface area contributed by atoms with E-state index in [1.54, 1.807) is 6.07 Å². The van der Waals surface area contributed by atoms with Gasteiger partial charge in [-0.3, -0.25) is 0 Å². The maximum Gasteiger partial charge on any atom is 0.0664 e. The van der Waals surface area contributed by atoms with Crippen LogP contribution in [0.15, 0.2) is 24.3 Å². The lowest BCUT2D eigenvalue weighted by Crippen LogP contribution is -2.41. The van der Waals surface area contributed by atoms with Gasteiger partial charge in [-0.15, -0.1) is 0 Å². The second-order valence-electron chi connectivity index (χ2n) is 5.91. The van der Waals surface area contributed by atoms with Crippen molar-refractivity contribution in [2.75, 3.05) is 19.8 Å². The fraction of sp³-hybridized carbons (Fsp3) is 0.471. The van der Waals surface area contributed by atoms with Crippen molar-refractivity contribution in [2.45, 2.75) is 32.2 Å². The first-order chi connectivity index (χ1) is 11.1. The summed E-state index contributed by atoms with van der Waals surface area (Å²) in [6.07, 6.45) is 3.17. The van der Waals surface area contributed by atoms with Crippen LogP contribution in [-0.4, -0.2) is 35.6 Å². The van der Waals surface area contributed by atoms with Gasteiger partial charge in [-0.2, -0.15) is 5.10 Å². The van der Waals surface area contributed by atoms with Crippen LogP contribution in [0.25, 0.3) is 5.69 Å². The third kappa shape index (κ3) is 4.27. The predicted molar refractivity (Wildman–Crippen MR) is 93.9 cm³/mol. The third-order valence-corrected chi connectivity index (χ3v) is 4.81. The van der Waals surface area contributed by atoms with Gasteiger partial charge in [-0.25, -0.2) is 4.68 Å². The molecule has 0 amide bonds. The molecule has 1 atom stereocenters. The van der Waals surface area contributed by atoms with E-state index in [0.29, 0.717) is 16.1 Å². The van der Waals surface area contributed by atoms with Crippen LogP contribution >= 0.6 is 23.2 Å². The van der Waals surface area contributed by atoms with Crippen molar-refractivity contribution in [3.05, 3.63) is 45.7 Å². The quantitative estimate of drug-likeness (QED) is 0.888. The molecule has 2 heterocycles. The molecular formula is C17H21Cl2N3O. The van der Waals surface area contributed by atoms with Crippen molar-refractivity contribution in [3.8, 4) is 5.69 Å². The fourth-order valence-electron chi connectivity index (χ4n) is 2.87. The molecule has 1 N–H and O–H groups in total. The summed E-state index contributed by atoms with van der Waals surface area (Å²) in [5, 5.41) is 9.28. The van der Waals surface area contributed by atoms with Gasteiger partial charge in [0, 0.05) is 18.3 Å². The number of halogens is 2. The van der Waals surface area contributed by atoms with Crippen molar-refractivity contribution < 1.29 is 4.74 Å². The molecule has 4 nitrogen and oxygen atoms in total. The summed E-state index contributed by atoms with van der Waals surface area (Å²) in [5.74, 6) is 0. The zero-order valence-corrected chi connectivity index (χ0v) is 14.7. The molecule has 1 aromatic heterocycles. The number of nitrogens with one attached hydrogen (secondary N) is 1. The molecule has 0 spiro atoms. The summed E-state index contributed by atoms with van der Waals surface area (Å²) in [7, 11) is 0. The van der Waals surface area contributed by atoms with Crippen LogP contribution in [0.4, 0.5) is 0 Å². The number of aryl methyl sites for hydroxylation is 2. The highest BCUT2D eigenvalue weighted by Crippen LogP contribution is 2.25. The first-order valence-corrected chi connectivity index (χ1v) is 8.71. The number of rotatable bonds is 5.